The Morgan fingerprint density at radius 2 is 1.95 bits per heavy atom. The molecule has 0 bridgehead atoms. The third kappa shape index (κ3) is 2.56. The third-order valence-electron chi connectivity index (χ3n) is 3.46. The van der Waals surface area contributed by atoms with Gasteiger partial charge in [-0.2, -0.15) is 0 Å². The first-order chi connectivity index (χ1) is 10.1. The van der Waals surface area contributed by atoms with Crippen molar-refractivity contribution in [3.63, 3.8) is 0 Å². The lowest BCUT2D eigenvalue weighted by atomic mass is 10.1. The number of amides is 1. The van der Waals surface area contributed by atoms with E-state index in [1.54, 1.807) is 6.33 Å². The molecule has 0 saturated heterocycles. The molecule has 2 N–H and O–H groups in total. The number of nitrogens with zero attached hydrogens (tertiary/aromatic N) is 2. The SMILES string of the molecule is C=C(C(N)=O)c1ccc2c(c1)ncn2Cc1ccccc1. The molecule has 0 radical (unpaired) electrons. The van der Waals surface area contributed by atoms with E-state index in [1.165, 1.54) is 5.56 Å². The Balaban J connectivity index is 1.96. The number of hydrogen-bond donors (Lipinski definition) is 1. The highest BCUT2D eigenvalue weighted by atomic mass is 16.1. The number of benzene rings is 2. The normalized spacial score (nSPS) is 10.7. The maximum Gasteiger partial charge on any atom is 0.248 e. The van der Waals surface area contributed by atoms with Gasteiger partial charge in [-0.05, 0) is 23.3 Å². The summed E-state index contributed by atoms with van der Waals surface area (Å²) in [6.45, 7) is 4.45. The van der Waals surface area contributed by atoms with E-state index in [1.807, 2.05) is 36.4 Å². The summed E-state index contributed by atoms with van der Waals surface area (Å²) in [5.74, 6) is -0.516. The maximum absolute atomic E-state index is 11.2. The number of carbonyl (C=O) groups is 1. The first-order valence-electron chi connectivity index (χ1n) is 6.63. The van der Waals surface area contributed by atoms with Gasteiger partial charge in [-0.1, -0.05) is 43.0 Å². The molecule has 0 fully saturated rings. The van der Waals surface area contributed by atoms with Crippen molar-refractivity contribution < 1.29 is 4.79 Å². The average Bonchev–Trinajstić information content (AvgIpc) is 2.90. The molecule has 4 heteroatoms. The Hall–Kier alpha value is -2.88. The molecule has 3 aromatic rings. The molecule has 4 nitrogen and oxygen atoms in total. The maximum atomic E-state index is 11.2. The predicted octanol–water partition coefficient (Wildman–Crippen LogP) is 2.58. The number of aromatic nitrogens is 2. The molecule has 0 unspecified atom stereocenters. The van der Waals surface area contributed by atoms with Gasteiger partial charge in [0.1, 0.15) is 0 Å². The van der Waals surface area contributed by atoms with Crippen LogP contribution in [0.3, 0.4) is 0 Å². The first-order valence-corrected chi connectivity index (χ1v) is 6.63. The number of rotatable bonds is 4. The molecule has 0 atom stereocenters. The molecule has 1 amide bonds. The van der Waals surface area contributed by atoms with E-state index in [9.17, 15) is 4.79 Å². The summed E-state index contributed by atoms with van der Waals surface area (Å²) >= 11 is 0. The third-order valence-corrected chi connectivity index (χ3v) is 3.46. The number of primary amides is 1. The second kappa shape index (κ2) is 5.25. The molecular formula is C17H15N3O. The molecule has 0 aliphatic heterocycles. The Labute approximate surface area is 122 Å². The summed E-state index contributed by atoms with van der Waals surface area (Å²) in [7, 11) is 0. The van der Waals surface area contributed by atoms with Gasteiger partial charge in [0.25, 0.3) is 0 Å². The second-order valence-corrected chi connectivity index (χ2v) is 4.90. The van der Waals surface area contributed by atoms with Crippen molar-refractivity contribution in [3.05, 3.63) is 72.6 Å². The Morgan fingerprint density at radius 3 is 2.67 bits per heavy atom. The van der Waals surface area contributed by atoms with Gasteiger partial charge < -0.3 is 10.3 Å². The van der Waals surface area contributed by atoms with Gasteiger partial charge in [0.05, 0.1) is 17.4 Å². The van der Waals surface area contributed by atoms with E-state index in [2.05, 4.69) is 28.3 Å². The quantitative estimate of drug-likeness (QED) is 0.745. The predicted molar refractivity (Wildman–Crippen MR) is 83.5 cm³/mol. The topological polar surface area (TPSA) is 60.9 Å². The van der Waals surface area contributed by atoms with Crippen LogP contribution in [0.2, 0.25) is 0 Å². The highest BCUT2D eigenvalue weighted by molar-refractivity contribution is 6.18. The van der Waals surface area contributed by atoms with Crippen molar-refractivity contribution in [2.24, 2.45) is 5.73 Å². The fraction of sp³-hybridized carbons (Fsp3) is 0.0588. The summed E-state index contributed by atoms with van der Waals surface area (Å²) in [5, 5.41) is 0. The zero-order valence-corrected chi connectivity index (χ0v) is 11.5. The van der Waals surface area contributed by atoms with Gasteiger partial charge in [-0.25, -0.2) is 4.98 Å². The molecule has 2 aromatic carbocycles. The van der Waals surface area contributed by atoms with Crippen LogP contribution in [0.25, 0.3) is 16.6 Å². The van der Waals surface area contributed by atoms with Gasteiger partial charge in [-0.15, -0.1) is 0 Å². The van der Waals surface area contributed by atoms with Gasteiger partial charge in [0, 0.05) is 12.1 Å². The summed E-state index contributed by atoms with van der Waals surface area (Å²) in [6.07, 6.45) is 1.80. The number of hydrogen-bond acceptors (Lipinski definition) is 2. The van der Waals surface area contributed by atoms with Crippen LogP contribution >= 0.6 is 0 Å². The van der Waals surface area contributed by atoms with E-state index in [0.717, 1.165) is 17.6 Å². The lowest BCUT2D eigenvalue weighted by Crippen LogP contribution is -2.11. The van der Waals surface area contributed by atoms with Crippen molar-refractivity contribution in [3.8, 4) is 0 Å². The molecule has 0 aliphatic carbocycles. The van der Waals surface area contributed by atoms with Gasteiger partial charge in [0.15, 0.2) is 0 Å². The van der Waals surface area contributed by atoms with Crippen LogP contribution in [0.1, 0.15) is 11.1 Å². The van der Waals surface area contributed by atoms with Crippen molar-refractivity contribution in [2.45, 2.75) is 6.54 Å². The lowest BCUT2D eigenvalue weighted by Gasteiger charge is -2.05. The van der Waals surface area contributed by atoms with Crippen LogP contribution in [-0.4, -0.2) is 15.5 Å². The smallest absolute Gasteiger partial charge is 0.248 e. The molecule has 3 rings (SSSR count). The summed E-state index contributed by atoms with van der Waals surface area (Å²) < 4.78 is 2.07. The van der Waals surface area contributed by atoms with E-state index < -0.39 is 5.91 Å². The zero-order chi connectivity index (χ0) is 14.8. The Bertz CT molecular complexity index is 818. The zero-order valence-electron chi connectivity index (χ0n) is 11.5. The lowest BCUT2D eigenvalue weighted by molar-refractivity contribution is -0.112. The van der Waals surface area contributed by atoms with Crippen LogP contribution in [0, 0.1) is 0 Å². The van der Waals surface area contributed by atoms with Crippen LogP contribution in [0.4, 0.5) is 0 Å². The van der Waals surface area contributed by atoms with Gasteiger partial charge in [-0.3, -0.25) is 4.79 Å². The summed E-state index contributed by atoms with van der Waals surface area (Å²) in [4.78, 5) is 15.6. The second-order valence-electron chi connectivity index (χ2n) is 4.90. The number of fused-ring (bicyclic) bond motifs is 1. The largest absolute Gasteiger partial charge is 0.366 e. The van der Waals surface area contributed by atoms with Crippen molar-refractivity contribution >= 4 is 22.5 Å². The Morgan fingerprint density at radius 1 is 1.19 bits per heavy atom. The standard InChI is InChI=1S/C17H15N3O/c1-12(17(18)21)14-7-8-16-15(9-14)19-11-20(16)10-13-5-3-2-4-6-13/h2-9,11H,1,10H2,(H2,18,21). The first kappa shape index (κ1) is 13.1. The molecule has 1 aromatic heterocycles. The van der Waals surface area contributed by atoms with Gasteiger partial charge in [0.2, 0.25) is 5.91 Å². The fourth-order valence-corrected chi connectivity index (χ4v) is 2.30. The monoisotopic (exact) mass is 277 g/mol. The highest BCUT2D eigenvalue weighted by Gasteiger charge is 2.09. The molecule has 1 heterocycles. The number of nitrogens with two attached hydrogens (primary N) is 1. The number of imidazole rings is 1. The minimum absolute atomic E-state index is 0.300. The molecule has 104 valence electrons. The average molecular weight is 277 g/mol. The minimum Gasteiger partial charge on any atom is -0.366 e. The van der Waals surface area contributed by atoms with Crippen molar-refractivity contribution in [1.29, 1.82) is 0 Å². The van der Waals surface area contributed by atoms with Crippen LogP contribution < -0.4 is 5.73 Å². The van der Waals surface area contributed by atoms with Crippen molar-refractivity contribution in [2.75, 3.05) is 0 Å². The molecule has 21 heavy (non-hydrogen) atoms. The Kier molecular flexibility index (Phi) is 3.28. The minimum atomic E-state index is -0.516. The van der Waals surface area contributed by atoms with Crippen LogP contribution in [-0.2, 0) is 11.3 Å². The van der Waals surface area contributed by atoms with E-state index in [0.29, 0.717) is 11.1 Å². The van der Waals surface area contributed by atoms with Gasteiger partial charge >= 0.3 is 0 Å². The van der Waals surface area contributed by atoms with E-state index >= 15 is 0 Å². The molecule has 0 spiro atoms. The molecule has 0 saturated carbocycles. The van der Waals surface area contributed by atoms with Crippen LogP contribution in [0.5, 0.6) is 0 Å². The molecule has 0 aliphatic rings. The van der Waals surface area contributed by atoms with E-state index in [-0.39, 0.29) is 0 Å². The fourth-order valence-electron chi connectivity index (χ4n) is 2.30. The van der Waals surface area contributed by atoms with E-state index in [4.69, 9.17) is 5.73 Å². The summed E-state index contributed by atoms with van der Waals surface area (Å²) in [5.41, 5.74) is 9.31. The number of carbonyl (C=O) groups excluding carboxylic acids is 1. The highest BCUT2D eigenvalue weighted by Crippen LogP contribution is 2.20. The van der Waals surface area contributed by atoms with Crippen molar-refractivity contribution in [1.82, 2.24) is 9.55 Å². The molecular weight excluding hydrogens is 262 g/mol. The summed E-state index contributed by atoms with van der Waals surface area (Å²) in [6, 6.07) is 15.8. The van der Waals surface area contributed by atoms with Crippen LogP contribution in [0.15, 0.2) is 61.4 Å².